The van der Waals surface area contributed by atoms with Gasteiger partial charge >= 0.3 is 0 Å². The lowest BCUT2D eigenvalue weighted by Crippen LogP contribution is -1.57. The lowest BCUT2D eigenvalue weighted by molar-refractivity contribution is 0.318. The highest BCUT2D eigenvalue weighted by atomic mass is 16.3. The van der Waals surface area contributed by atoms with Gasteiger partial charge < -0.3 is 20.4 Å². The molecular formula is C8H27BO4. The van der Waals surface area contributed by atoms with Crippen molar-refractivity contribution in [2.24, 2.45) is 0 Å². The first-order valence-corrected chi connectivity index (χ1v) is 4.09. The molecule has 0 amide bonds. The van der Waals surface area contributed by atoms with Gasteiger partial charge in [-0.1, -0.05) is 0 Å². The van der Waals surface area contributed by atoms with Crippen LogP contribution >= 0.6 is 0 Å². The molecule has 0 rings (SSSR count). The van der Waals surface area contributed by atoms with Crippen LogP contribution in [0.15, 0.2) is 0 Å². The zero-order chi connectivity index (χ0) is 10.8. The molecule has 5 heteroatoms. The Morgan fingerprint density at radius 1 is 0.538 bits per heavy atom. The van der Waals surface area contributed by atoms with E-state index in [1.54, 1.807) is 27.7 Å². The van der Waals surface area contributed by atoms with Crippen LogP contribution in [0.5, 0.6) is 0 Å². The Balaban J connectivity index is -0.0000000213. The van der Waals surface area contributed by atoms with Crippen LogP contribution in [-0.2, 0) is 0 Å². The molecule has 4 N–H and O–H groups in total. The van der Waals surface area contributed by atoms with Gasteiger partial charge in [-0.25, -0.2) is 0 Å². The van der Waals surface area contributed by atoms with Gasteiger partial charge in [0.05, 0.1) is 8.41 Å². The van der Waals surface area contributed by atoms with E-state index in [9.17, 15) is 0 Å². The Morgan fingerprint density at radius 3 is 0.538 bits per heavy atom. The topological polar surface area (TPSA) is 80.9 Å². The second-order valence-corrected chi connectivity index (χ2v) is 1.26. The predicted octanol–water partition coefficient (Wildman–Crippen LogP) is -1.19. The molecule has 0 bridgehead atoms. The summed E-state index contributed by atoms with van der Waals surface area (Å²) in [7, 11) is 0. The van der Waals surface area contributed by atoms with Crippen LogP contribution < -0.4 is 0 Å². The molecule has 4 nitrogen and oxygen atoms in total. The molecule has 0 fully saturated rings. The average Bonchev–Trinajstić information content (AvgIpc) is 1.92. The van der Waals surface area contributed by atoms with Crippen molar-refractivity contribution in [2.75, 3.05) is 26.4 Å². The molecule has 0 aromatic carbocycles. The molecule has 0 aromatic heterocycles. The van der Waals surface area contributed by atoms with Crippen LogP contribution in [-0.4, -0.2) is 55.3 Å². The van der Waals surface area contributed by atoms with Gasteiger partial charge in [-0.3, -0.25) is 0 Å². The molecule has 86 valence electrons. The predicted molar refractivity (Wildman–Crippen MR) is 61.0 cm³/mol. The number of hydrogen-bond donors (Lipinski definition) is 4. The molecule has 0 aliphatic rings. The molecule has 0 unspecified atom stereocenters. The minimum Gasteiger partial charge on any atom is -0.397 e. The summed E-state index contributed by atoms with van der Waals surface area (Å²) >= 11 is 0. The Labute approximate surface area is 83.8 Å². The summed E-state index contributed by atoms with van der Waals surface area (Å²) in [4.78, 5) is 0. The van der Waals surface area contributed by atoms with Crippen molar-refractivity contribution in [1.82, 2.24) is 0 Å². The Hall–Kier alpha value is -0.0951. The van der Waals surface area contributed by atoms with E-state index in [0.717, 1.165) is 0 Å². The van der Waals surface area contributed by atoms with Crippen LogP contribution in [0, 0.1) is 0 Å². The summed E-state index contributed by atoms with van der Waals surface area (Å²) in [5.74, 6) is 0. The maximum Gasteiger partial charge on any atom is 0.0814 e. The second-order valence-electron chi connectivity index (χ2n) is 1.26. The van der Waals surface area contributed by atoms with E-state index in [1.165, 1.54) is 0 Å². The van der Waals surface area contributed by atoms with Crippen LogP contribution in [0.2, 0.25) is 0 Å². The van der Waals surface area contributed by atoms with Crippen molar-refractivity contribution in [3.8, 4) is 0 Å². The summed E-state index contributed by atoms with van der Waals surface area (Å²) in [6.07, 6.45) is 0. The van der Waals surface area contributed by atoms with E-state index in [4.69, 9.17) is 20.4 Å². The molecule has 0 aliphatic carbocycles. The van der Waals surface area contributed by atoms with Gasteiger partial charge in [-0.2, -0.15) is 0 Å². The zero-order valence-electron chi connectivity index (χ0n) is 8.62. The maximum absolute atomic E-state index is 7.57. The van der Waals surface area contributed by atoms with Crippen molar-refractivity contribution in [1.29, 1.82) is 0 Å². The van der Waals surface area contributed by atoms with E-state index in [2.05, 4.69) is 0 Å². The summed E-state index contributed by atoms with van der Waals surface area (Å²) in [6.45, 7) is 7.72. The van der Waals surface area contributed by atoms with E-state index < -0.39 is 0 Å². The van der Waals surface area contributed by atoms with Crippen molar-refractivity contribution >= 4 is 8.41 Å². The third-order valence-electron chi connectivity index (χ3n) is 0. The molecule has 13 heavy (non-hydrogen) atoms. The number of aliphatic hydroxyl groups is 4. The quantitative estimate of drug-likeness (QED) is 0.369. The summed E-state index contributed by atoms with van der Waals surface area (Å²) in [6, 6.07) is 0. The summed E-state index contributed by atoms with van der Waals surface area (Å²) in [5, 5.41) is 30.3. The van der Waals surface area contributed by atoms with Gasteiger partial charge in [0.15, 0.2) is 0 Å². The fraction of sp³-hybridized carbons (Fsp3) is 1.00. The molecule has 0 spiro atoms. The van der Waals surface area contributed by atoms with Crippen molar-refractivity contribution in [3.05, 3.63) is 0 Å². The summed E-state index contributed by atoms with van der Waals surface area (Å²) in [5.41, 5.74) is 0. The number of hydrogen-bond acceptors (Lipinski definition) is 4. The fourth-order valence-corrected chi connectivity index (χ4v) is 0. The van der Waals surface area contributed by atoms with Crippen molar-refractivity contribution in [2.45, 2.75) is 27.7 Å². The summed E-state index contributed by atoms with van der Waals surface area (Å²) < 4.78 is 0. The van der Waals surface area contributed by atoms with Gasteiger partial charge in [-0.05, 0) is 27.7 Å². The van der Waals surface area contributed by atoms with Gasteiger partial charge in [0.25, 0.3) is 0 Å². The monoisotopic (exact) mass is 198 g/mol. The highest BCUT2D eigenvalue weighted by Crippen LogP contribution is 1.30. The van der Waals surface area contributed by atoms with E-state index >= 15 is 0 Å². The van der Waals surface area contributed by atoms with Crippen LogP contribution in [0.1, 0.15) is 27.7 Å². The smallest absolute Gasteiger partial charge is 0.0814 e. The van der Waals surface area contributed by atoms with Gasteiger partial charge in [0.2, 0.25) is 0 Å². The minimum atomic E-state index is 0. The maximum atomic E-state index is 7.57. The molecule has 0 heterocycles. The lowest BCUT2D eigenvalue weighted by atomic mass is 10.8. The van der Waals surface area contributed by atoms with E-state index in [1.807, 2.05) is 0 Å². The van der Waals surface area contributed by atoms with E-state index in [-0.39, 0.29) is 34.8 Å². The molecule has 0 aliphatic heterocycles. The number of rotatable bonds is 0. The minimum absolute atomic E-state index is 0. The molecule has 0 saturated carbocycles. The van der Waals surface area contributed by atoms with Crippen LogP contribution in [0.25, 0.3) is 0 Å². The Kier molecular flexibility index (Phi) is 209. The van der Waals surface area contributed by atoms with Crippen molar-refractivity contribution in [3.63, 3.8) is 0 Å². The number of aliphatic hydroxyl groups excluding tert-OH is 4. The lowest BCUT2D eigenvalue weighted by Gasteiger charge is -1.52. The third-order valence-corrected chi connectivity index (χ3v) is 0. The normalized spacial score (nSPS) is 5.54. The molecular weight excluding hydrogens is 171 g/mol. The average molecular weight is 198 g/mol. The van der Waals surface area contributed by atoms with E-state index in [0.29, 0.717) is 0 Å². The van der Waals surface area contributed by atoms with Gasteiger partial charge in [0.1, 0.15) is 0 Å². The van der Waals surface area contributed by atoms with Crippen LogP contribution in [0.3, 0.4) is 0 Å². The first kappa shape index (κ1) is 29.3. The van der Waals surface area contributed by atoms with Crippen LogP contribution in [0.4, 0.5) is 0 Å². The first-order chi connectivity index (χ1) is 5.66. The molecule has 0 atom stereocenters. The molecule has 0 aromatic rings. The molecule has 0 saturated heterocycles. The first-order valence-electron chi connectivity index (χ1n) is 4.09. The fourth-order valence-electron chi connectivity index (χ4n) is 0. The largest absolute Gasteiger partial charge is 0.397 e. The standard InChI is InChI=1S/4C2H6O.BH3/c4*1-2-3;/h4*3H,2H2,1H3;1H3. The Morgan fingerprint density at radius 2 is 0.538 bits per heavy atom. The van der Waals surface area contributed by atoms with Gasteiger partial charge in [0, 0.05) is 26.4 Å². The molecule has 0 radical (unpaired) electrons. The van der Waals surface area contributed by atoms with Crippen molar-refractivity contribution < 1.29 is 20.4 Å². The third kappa shape index (κ3) is 129000. The zero-order valence-corrected chi connectivity index (χ0v) is 8.62. The second kappa shape index (κ2) is 92.8. The SMILES string of the molecule is B.CCO.CCO.CCO.CCO. The Bertz CT molecular complexity index is 24.1. The van der Waals surface area contributed by atoms with Gasteiger partial charge in [-0.15, -0.1) is 0 Å². The highest BCUT2D eigenvalue weighted by molar-refractivity contribution is 5.75. The highest BCUT2D eigenvalue weighted by Gasteiger charge is 1.35.